The first-order chi connectivity index (χ1) is 18.2. The van der Waals surface area contributed by atoms with Crippen molar-refractivity contribution < 1.29 is 19.1 Å². The van der Waals surface area contributed by atoms with Gasteiger partial charge in [-0.3, -0.25) is 14.9 Å². The molecule has 1 aliphatic heterocycles. The molecule has 0 aromatic heterocycles. The standard InChI is InChI=1S/C29H19Cl3N2O4/c1-16-23(31)10-5-11-25(16)34-28(36)22(27(35)33-29(34)37)13-19-12-20(30)14-24(32)26(19)38-15-18-8-4-7-17-6-2-3-9-21(17)18/h2-14H,15H2,1H3,(H,33,35,37)/b22-13+. The Morgan fingerprint density at radius 2 is 1.63 bits per heavy atom. The van der Waals surface area contributed by atoms with Gasteiger partial charge in [-0.1, -0.05) is 83.3 Å². The number of hydrogen-bond donors (Lipinski definition) is 1. The first-order valence-electron chi connectivity index (χ1n) is 11.5. The van der Waals surface area contributed by atoms with Crippen LogP contribution in [0.4, 0.5) is 10.5 Å². The van der Waals surface area contributed by atoms with Crippen molar-refractivity contribution in [2.45, 2.75) is 13.5 Å². The summed E-state index contributed by atoms with van der Waals surface area (Å²) in [6.45, 7) is 1.85. The summed E-state index contributed by atoms with van der Waals surface area (Å²) in [6, 6.07) is 20.8. The van der Waals surface area contributed by atoms with Crippen LogP contribution in [0.3, 0.4) is 0 Å². The minimum Gasteiger partial charge on any atom is -0.487 e. The highest BCUT2D eigenvalue weighted by Crippen LogP contribution is 2.36. The molecule has 190 valence electrons. The summed E-state index contributed by atoms with van der Waals surface area (Å²) < 4.78 is 6.12. The van der Waals surface area contributed by atoms with Gasteiger partial charge in [0.15, 0.2) is 0 Å². The molecule has 4 amide bonds. The van der Waals surface area contributed by atoms with E-state index in [-0.39, 0.29) is 33.7 Å². The van der Waals surface area contributed by atoms with E-state index in [0.29, 0.717) is 16.1 Å². The molecule has 4 aromatic rings. The molecule has 0 saturated carbocycles. The number of carbonyl (C=O) groups is 3. The maximum absolute atomic E-state index is 13.4. The number of ether oxygens (including phenoxy) is 1. The fourth-order valence-corrected chi connectivity index (χ4v) is 5.01. The van der Waals surface area contributed by atoms with Gasteiger partial charge >= 0.3 is 6.03 Å². The molecule has 5 rings (SSSR count). The Balaban J connectivity index is 1.54. The summed E-state index contributed by atoms with van der Waals surface area (Å²) in [5, 5.41) is 5.14. The van der Waals surface area contributed by atoms with Crippen molar-refractivity contribution in [3.05, 3.63) is 110 Å². The molecule has 0 spiro atoms. The van der Waals surface area contributed by atoms with E-state index in [4.69, 9.17) is 39.5 Å². The molecular formula is C29H19Cl3N2O4. The molecule has 1 fully saturated rings. The van der Waals surface area contributed by atoms with E-state index in [1.54, 1.807) is 25.1 Å². The molecule has 1 N–H and O–H groups in total. The number of nitrogens with one attached hydrogen (secondary N) is 1. The van der Waals surface area contributed by atoms with E-state index < -0.39 is 17.8 Å². The van der Waals surface area contributed by atoms with E-state index in [0.717, 1.165) is 21.2 Å². The first-order valence-corrected chi connectivity index (χ1v) is 12.6. The van der Waals surface area contributed by atoms with Gasteiger partial charge in [-0.15, -0.1) is 0 Å². The monoisotopic (exact) mass is 564 g/mol. The highest BCUT2D eigenvalue weighted by atomic mass is 35.5. The minimum atomic E-state index is -0.876. The van der Waals surface area contributed by atoms with Crippen LogP contribution in [0.5, 0.6) is 5.75 Å². The van der Waals surface area contributed by atoms with Crippen molar-refractivity contribution in [2.75, 3.05) is 4.90 Å². The van der Waals surface area contributed by atoms with Crippen LogP contribution in [0.15, 0.2) is 78.4 Å². The zero-order chi connectivity index (χ0) is 27.0. The number of amides is 4. The lowest BCUT2D eigenvalue weighted by Crippen LogP contribution is -2.54. The second-order valence-corrected chi connectivity index (χ2v) is 9.83. The summed E-state index contributed by atoms with van der Waals surface area (Å²) in [6.07, 6.45) is 1.31. The number of nitrogens with zero attached hydrogens (tertiary/aromatic N) is 1. The second kappa shape index (κ2) is 10.5. The predicted molar refractivity (Wildman–Crippen MR) is 150 cm³/mol. The average Bonchev–Trinajstić information content (AvgIpc) is 2.88. The third-order valence-corrected chi connectivity index (χ3v) is 7.08. The van der Waals surface area contributed by atoms with Crippen LogP contribution >= 0.6 is 34.8 Å². The molecule has 1 heterocycles. The lowest BCUT2D eigenvalue weighted by molar-refractivity contribution is -0.122. The summed E-state index contributed by atoms with van der Waals surface area (Å²) >= 11 is 19.0. The predicted octanol–water partition coefficient (Wildman–Crippen LogP) is 7.35. The summed E-state index contributed by atoms with van der Waals surface area (Å²) in [5.74, 6) is -1.44. The molecule has 0 bridgehead atoms. The second-order valence-electron chi connectivity index (χ2n) is 8.57. The number of halogens is 3. The summed E-state index contributed by atoms with van der Waals surface area (Å²) in [4.78, 5) is 39.7. The minimum absolute atomic E-state index is 0.172. The third kappa shape index (κ3) is 4.86. The van der Waals surface area contributed by atoms with Crippen LogP contribution in [-0.2, 0) is 16.2 Å². The number of fused-ring (bicyclic) bond motifs is 1. The topological polar surface area (TPSA) is 75.7 Å². The smallest absolute Gasteiger partial charge is 0.335 e. The summed E-state index contributed by atoms with van der Waals surface area (Å²) in [5.41, 5.74) is 1.70. The fourth-order valence-electron chi connectivity index (χ4n) is 4.28. The molecule has 38 heavy (non-hydrogen) atoms. The molecule has 0 radical (unpaired) electrons. The molecule has 0 aliphatic carbocycles. The zero-order valence-electron chi connectivity index (χ0n) is 19.9. The normalized spacial score (nSPS) is 14.8. The molecular weight excluding hydrogens is 547 g/mol. The lowest BCUT2D eigenvalue weighted by Gasteiger charge is -2.28. The molecule has 9 heteroatoms. The van der Waals surface area contributed by atoms with Crippen LogP contribution in [0, 0.1) is 6.92 Å². The number of urea groups is 1. The van der Waals surface area contributed by atoms with Gasteiger partial charge in [-0.05, 0) is 59.2 Å². The molecule has 6 nitrogen and oxygen atoms in total. The summed E-state index contributed by atoms with van der Waals surface area (Å²) in [7, 11) is 0. The van der Waals surface area contributed by atoms with Crippen LogP contribution in [0.2, 0.25) is 15.1 Å². The van der Waals surface area contributed by atoms with E-state index in [1.807, 2.05) is 42.5 Å². The zero-order valence-corrected chi connectivity index (χ0v) is 22.2. The highest BCUT2D eigenvalue weighted by Gasteiger charge is 2.38. The lowest BCUT2D eigenvalue weighted by atomic mass is 10.0. The van der Waals surface area contributed by atoms with E-state index in [1.165, 1.54) is 18.2 Å². The van der Waals surface area contributed by atoms with Gasteiger partial charge in [-0.2, -0.15) is 0 Å². The Labute approximate surface area is 233 Å². The number of barbiturate groups is 1. The number of rotatable bonds is 5. The van der Waals surface area contributed by atoms with Gasteiger partial charge in [0.2, 0.25) is 0 Å². The highest BCUT2D eigenvalue weighted by molar-refractivity contribution is 6.40. The van der Waals surface area contributed by atoms with Crippen molar-refractivity contribution in [1.82, 2.24) is 5.32 Å². The molecule has 1 aliphatic rings. The van der Waals surface area contributed by atoms with Crippen molar-refractivity contribution >= 4 is 75.2 Å². The maximum atomic E-state index is 13.4. The Hall–Kier alpha value is -3.84. The molecule has 0 unspecified atom stereocenters. The van der Waals surface area contributed by atoms with E-state index >= 15 is 0 Å². The maximum Gasteiger partial charge on any atom is 0.335 e. The van der Waals surface area contributed by atoms with Crippen molar-refractivity contribution in [3.63, 3.8) is 0 Å². The van der Waals surface area contributed by atoms with Gasteiger partial charge < -0.3 is 4.74 Å². The Bertz CT molecular complexity index is 1660. The van der Waals surface area contributed by atoms with Gasteiger partial charge in [0.25, 0.3) is 11.8 Å². The number of carbonyl (C=O) groups excluding carboxylic acids is 3. The van der Waals surface area contributed by atoms with Crippen LogP contribution in [-0.4, -0.2) is 17.8 Å². The van der Waals surface area contributed by atoms with Crippen molar-refractivity contribution in [1.29, 1.82) is 0 Å². The van der Waals surface area contributed by atoms with Crippen LogP contribution in [0.25, 0.3) is 16.8 Å². The Morgan fingerprint density at radius 1 is 0.895 bits per heavy atom. The van der Waals surface area contributed by atoms with Crippen LogP contribution < -0.4 is 15.0 Å². The largest absolute Gasteiger partial charge is 0.487 e. The van der Waals surface area contributed by atoms with Crippen LogP contribution in [0.1, 0.15) is 16.7 Å². The Kier molecular flexibility index (Phi) is 7.13. The number of benzene rings is 4. The van der Waals surface area contributed by atoms with Gasteiger partial charge in [0.05, 0.1) is 10.7 Å². The quantitative estimate of drug-likeness (QED) is 0.203. The molecule has 0 atom stereocenters. The van der Waals surface area contributed by atoms with Crippen molar-refractivity contribution in [2.24, 2.45) is 0 Å². The Morgan fingerprint density at radius 3 is 2.45 bits per heavy atom. The van der Waals surface area contributed by atoms with Gasteiger partial charge in [0, 0.05) is 15.6 Å². The molecule has 4 aromatic carbocycles. The number of anilines is 1. The average molecular weight is 566 g/mol. The number of imide groups is 2. The molecule has 1 saturated heterocycles. The third-order valence-electron chi connectivity index (χ3n) is 6.17. The number of hydrogen-bond acceptors (Lipinski definition) is 4. The van der Waals surface area contributed by atoms with E-state index in [2.05, 4.69) is 5.32 Å². The SMILES string of the molecule is Cc1c(Cl)cccc1N1C(=O)NC(=O)/C(=C\c2cc(Cl)cc(Cl)c2OCc2cccc3ccccc23)C1=O. The van der Waals surface area contributed by atoms with E-state index in [9.17, 15) is 14.4 Å². The van der Waals surface area contributed by atoms with Gasteiger partial charge in [0.1, 0.15) is 17.9 Å². The van der Waals surface area contributed by atoms with Gasteiger partial charge in [-0.25, -0.2) is 9.69 Å². The first kappa shape index (κ1) is 25.8. The fraction of sp³-hybridized carbons (Fsp3) is 0.0690. The van der Waals surface area contributed by atoms with Crippen molar-refractivity contribution in [3.8, 4) is 5.75 Å².